The van der Waals surface area contributed by atoms with Gasteiger partial charge in [0.15, 0.2) is 18.1 Å². The summed E-state index contributed by atoms with van der Waals surface area (Å²) in [4.78, 5) is 16.6. The number of hydrogen-bond donors (Lipinski definition) is 1. The number of methoxy groups -OCH3 is 1. The molecule has 0 aliphatic rings. The SMILES string of the molecule is COc1cc(/C=N/OCC(=O)NCCc2ccc(Cl)cc2)ccc1OC(F)F. The molecule has 28 heavy (non-hydrogen) atoms. The fourth-order valence-corrected chi connectivity index (χ4v) is 2.33. The average Bonchev–Trinajstić information content (AvgIpc) is 2.67. The molecule has 0 aliphatic heterocycles. The van der Waals surface area contributed by atoms with Crippen LogP contribution in [0.5, 0.6) is 11.5 Å². The van der Waals surface area contributed by atoms with Gasteiger partial charge in [0, 0.05) is 17.1 Å². The number of rotatable bonds is 10. The average molecular weight is 413 g/mol. The number of oxime groups is 1. The van der Waals surface area contributed by atoms with Crippen molar-refractivity contribution in [2.24, 2.45) is 5.16 Å². The van der Waals surface area contributed by atoms with E-state index in [1.54, 1.807) is 12.1 Å². The van der Waals surface area contributed by atoms with Gasteiger partial charge in [0.25, 0.3) is 5.91 Å². The van der Waals surface area contributed by atoms with E-state index in [4.69, 9.17) is 21.2 Å². The maximum absolute atomic E-state index is 12.3. The van der Waals surface area contributed by atoms with Gasteiger partial charge in [-0.2, -0.15) is 8.78 Å². The van der Waals surface area contributed by atoms with Crippen molar-refractivity contribution in [2.45, 2.75) is 13.0 Å². The third-order valence-electron chi connectivity index (χ3n) is 3.52. The van der Waals surface area contributed by atoms with Gasteiger partial charge < -0.3 is 19.6 Å². The fourth-order valence-electron chi connectivity index (χ4n) is 2.20. The van der Waals surface area contributed by atoms with Crippen LogP contribution in [0.3, 0.4) is 0 Å². The molecule has 0 aromatic heterocycles. The number of carbonyl (C=O) groups is 1. The molecule has 0 heterocycles. The zero-order chi connectivity index (χ0) is 20.4. The normalized spacial score (nSPS) is 10.9. The van der Waals surface area contributed by atoms with Crippen molar-refractivity contribution in [2.75, 3.05) is 20.3 Å². The number of benzene rings is 2. The predicted molar refractivity (Wildman–Crippen MR) is 101 cm³/mol. The quantitative estimate of drug-likeness (QED) is 0.477. The van der Waals surface area contributed by atoms with Crippen molar-refractivity contribution in [3.8, 4) is 11.5 Å². The molecule has 0 radical (unpaired) electrons. The summed E-state index contributed by atoms with van der Waals surface area (Å²) in [5.41, 5.74) is 1.58. The number of ether oxygens (including phenoxy) is 2. The monoisotopic (exact) mass is 412 g/mol. The second-order valence-corrected chi connectivity index (χ2v) is 5.96. The predicted octanol–water partition coefficient (Wildman–Crippen LogP) is 3.66. The number of halogens is 3. The first kappa shape index (κ1) is 21.4. The topological polar surface area (TPSA) is 69.2 Å². The summed E-state index contributed by atoms with van der Waals surface area (Å²) in [5.74, 6) is -0.274. The van der Waals surface area contributed by atoms with E-state index in [2.05, 4.69) is 15.2 Å². The smallest absolute Gasteiger partial charge is 0.387 e. The Morgan fingerprint density at radius 1 is 1.21 bits per heavy atom. The van der Waals surface area contributed by atoms with Crippen LogP contribution in [0.25, 0.3) is 0 Å². The fraction of sp³-hybridized carbons (Fsp3) is 0.263. The zero-order valence-corrected chi connectivity index (χ0v) is 15.8. The highest BCUT2D eigenvalue weighted by Crippen LogP contribution is 2.28. The lowest BCUT2D eigenvalue weighted by Gasteiger charge is -2.09. The lowest BCUT2D eigenvalue weighted by atomic mass is 10.1. The van der Waals surface area contributed by atoms with Gasteiger partial charge in [0.2, 0.25) is 0 Å². The van der Waals surface area contributed by atoms with Crippen LogP contribution in [0, 0.1) is 0 Å². The lowest BCUT2D eigenvalue weighted by Crippen LogP contribution is -2.28. The van der Waals surface area contributed by atoms with Crippen molar-refractivity contribution in [3.63, 3.8) is 0 Å². The van der Waals surface area contributed by atoms with Crippen LogP contribution >= 0.6 is 11.6 Å². The second-order valence-electron chi connectivity index (χ2n) is 5.52. The van der Waals surface area contributed by atoms with Gasteiger partial charge in [-0.3, -0.25) is 4.79 Å². The molecule has 0 unspecified atom stereocenters. The van der Waals surface area contributed by atoms with Crippen LogP contribution in [0.15, 0.2) is 47.6 Å². The summed E-state index contributed by atoms with van der Waals surface area (Å²) in [7, 11) is 1.33. The van der Waals surface area contributed by atoms with E-state index in [9.17, 15) is 13.6 Å². The van der Waals surface area contributed by atoms with Crippen LogP contribution in [-0.2, 0) is 16.1 Å². The highest BCUT2D eigenvalue weighted by molar-refractivity contribution is 6.30. The molecule has 0 bridgehead atoms. The molecular weight excluding hydrogens is 394 g/mol. The summed E-state index contributed by atoms with van der Waals surface area (Å²) >= 11 is 5.81. The Morgan fingerprint density at radius 3 is 2.64 bits per heavy atom. The first-order valence-corrected chi connectivity index (χ1v) is 8.65. The molecule has 0 spiro atoms. The summed E-state index contributed by atoms with van der Waals surface area (Å²) in [6.07, 6.45) is 1.99. The van der Waals surface area contributed by atoms with Gasteiger partial charge in [-0.15, -0.1) is 0 Å². The summed E-state index contributed by atoms with van der Waals surface area (Å²) in [5, 5.41) is 7.05. The van der Waals surface area contributed by atoms with Crippen LogP contribution in [0.4, 0.5) is 8.78 Å². The number of hydrogen-bond acceptors (Lipinski definition) is 5. The Hall–Kier alpha value is -2.87. The molecule has 9 heteroatoms. The van der Waals surface area contributed by atoms with Gasteiger partial charge in [0.05, 0.1) is 13.3 Å². The Balaban J connectivity index is 1.73. The molecule has 1 N–H and O–H groups in total. The largest absolute Gasteiger partial charge is 0.493 e. The molecule has 0 saturated carbocycles. The van der Waals surface area contributed by atoms with Crippen LogP contribution in [0.1, 0.15) is 11.1 Å². The van der Waals surface area contributed by atoms with Crippen molar-refractivity contribution in [1.82, 2.24) is 5.32 Å². The second kappa shape index (κ2) is 11.1. The standard InChI is InChI=1S/C19H19ClF2N2O4/c1-26-17-10-14(4-7-16(17)28-19(21)22)11-24-27-12-18(25)23-9-8-13-2-5-15(20)6-3-13/h2-7,10-11,19H,8-9,12H2,1H3,(H,23,25)/b24-11+. The maximum atomic E-state index is 12.3. The summed E-state index contributed by atoms with van der Waals surface area (Å²) in [6.45, 7) is -2.74. The van der Waals surface area contributed by atoms with E-state index in [0.29, 0.717) is 23.6 Å². The Labute approximate surface area is 166 Å². The first-order valence-electron chi connectivity index (χ1n) is 8.27. The van der Waals surface area contributed by atoms with Crippen molar-refractivity contribution in [1.29, 1.82) is 0 Å². The van der Waals surface area contributed by atoms with E-state index >= 15 is 0 Å². The highest BCUT2D eigenvalue weighted by atomic mass is 35.5. The van der Waals surface area contributed by atoms with Crippen LogP contribution in [0.2, 0.25) is 5.02 Å². The Morgan fingerprint density at radius 2 is 1.96 bits per heavy atom. The van der Waals surface area contributed by atoms with Crippen molar-refractivity contribution >= 4 is 23.7 Å². The molecule has 1 amide bonds. The molecule has 6 nitrogen and oxygen atoms in total. The molecule has 150 valence electrons. The molecule has 0 aliphatic carbocycles. The zero-order valence-electron chi connectivity index (χ0n) is 15.0. The minimum atomic E-state index is -2.95. The highest BCUT2D eigenvalue weighted by Gasteiger charge is 2.10. The molecule has 2 rings (SSSR count). The minimum absolute atomic E-state index is 0.0874. The first-order chi connectivity index (χ1) is 13.5. The van der Waals surface area contributed by atoms with E-state index in [0.717, 1.165) is 5.56 Å². The van der Waals surface area contributed by atoms with Crippen molar-refractivity contribution < 1.29 is 27.9 Å². The summed E-state index contributed by atoms with van der Waals surface area (Å²) < 4.78 is 33.9. The van der Waals surface area contributed by atoms with E-state index in [-0.39, 0.29) is 24.0 Å². The molecule has 0 fully saturated rings. The number of alkyl halides is 2. The number of nitrogens with one attached hydrogen (secondary N) is 1. The third kappa shape index (κ3) is 7.40. The number of amides is 1. The van der Waals surface area contributed by atoms with Gasteiger partial charge in [-0.25, -0.2) is 0 Å². The molecule has 2 aromatic rings. The number of carbonyl (C=O) groups excluding carboxylic acids is 1. The molecular formula is C19H19ClF2N2O4. The van der Waals surface area contributed by atoms with Crippen LogP contribution in [-0.4, -0.2) is 39.0 Å². The Bertz CT molecular complexity index is 801. The summed E-state index contributed by atoms with van der Waals surface area (Å²) in [6, 6.07) is 11.6. The lowest BCUT2D eigenvalue weighted by molar-refractivity contribution is -0.125. The number of nitrogens with zero attached hydrogens (tertiary/aromatic N) is 1. The van der Waals surface area contributed by atoms with Gasteiger partial charge in [-0.05, 0) is 42.3 Å². The van der Waals surface area contributed by atoms with E-state index in [1.807, 2.05) is 12.1 Å². The van der Waals surface area contributed by atoms with Crippen LogP contribution < -0.4 is 14.8 Å². The Kier molecular flexibility index (Phi) is 8.48. The molecule has 0 saturated heterocycles. The van der Waals surface area contributed by atoms with E-state index < -0.39 is 6.61 Å². The minimum Gasteiger partial charge on any atom is -0.493 e. The van der Waals surface area contributed by atoms with Crippen molar-refractivity contribution in [3.05, 3.63) is 58.6 Å². The van der Waals surface area contributed by atoms with Gasteiger partial charge >= 0.3 is 6.61 Å². The maximum Gasteiger partial charge on any atom is 0.387 e. The molecule has 0 atom stereocenters. The van der Waals surface area contributed by atoms with Gasteiger partial charge in [-0.1, -0.05) is 28.9 Å². The molecule has 2 aromatic carbocycles. The van der Waals surface area contributed by atoms with E-state index in [1.165, 1.54) is 31.5 Å². The third-order valence-corrected chi connectivity index (χ3v) is 3.78. The van der Waals surface area contributed by atoms with Gasteiger partial charge in [0.1, 0.15) is 0 Å².